The van der Waals surface area contributed by atoms with Crippen molar-refractivity contribution in [3.05, 3.63) is 0 Å². The van der Waals surface area contributed by atoms with Crippen LogP contribution in [0.4, 0.5) is 0 Å². The van der Waals surface area contributed by atoms with E-state index in [9.17, 15) is 0 Å². The second kappa shape index (κ2) is 5.08. The molecular formula is C14H29N3O. The largest absolute Gasteiger partial charge is 0.375 e. The Morgan fingerprint density at radius 3 is 2.61 bits per heavy atom. The van der Waals surface area contributed by atoms with Crippen molar-refractivity contribution in [1.29, 1.82) is 0 Å². The first-order valence-corrected chi connectivity index (χ1v) is 7.18. The zero-order chi connectivity index (χ0) is 13.4. The SMILES string of the molecule is CC1CN(C)CCN1C1(CN)CCOC(C)(C)C1. The highest BCUT2D eigenvalue weighted by Gasteiger charge is 2.46. The second-order valence-corrected chi connectivity index (χ2v) is 6.77. The average Bonchev–Trinajstić information content (AvgIpc) is 2.27. The summed E-state index contributed by atoms with van der Waals surface area (Å²) in [6.07, 6.45) is 2.12. The van der Waals surface area contributed by atoms with Crippen LogP contribution in [0, 0.1) is 0 Å². The lowest BCUT2D eigenvalue weighted by atomic mass is 9.78. The quantitative estimate of drug-likeness (QED) is 0.796. The number of ether oxygens (including phenoxy) is 1. The van der Waals surface area contributed by atoms with E-state index in [1.165, 1.54) is 0 Å². The molecule has 0 aromatic carbocycles. The summed E-state index contributed by atoms with van der Waals surface area (Å²) in [6.45, 7) is 11.7. The third-order valence-electron chi connectivity index (χ3n) is 4.63. The fourth-order valence-electron chi connectivity index (χ4n) is 3.83. The fourth-order valence-corrected chi connectivity index (χ4v) is 3.83. The molecule has 2 N–H and O–H groups in total. The number of piperazine rings is 1. The topological polar surface area (TPSA) is 41.7 Å². The summed E-state index contributed by atoms with van der Waals surface area (Å²) in [5.41, 5.74) is 6.28. The van der Waals surface area contributed by atoms with Gasteiger partial charge in [-0.05, 0) is 40.7 Å². The highest BCUT2D eigenvalue weighted by Crippen LogP contribution is 2.37. The molecule has 2 atom stereocenters. The van der Waals surface area contributed by atoms with E-state index in [-0.39, 0.29) is 11.1 Å². The van der Waals surface area contributed by atoms with Gasteiger partial charge in [0.2, 0.25) is 0 Å². The fraction of sp³-hybridized carbons (Fsp3) is 1.00. The number of nitrogens with two attached hydrogens (primary N) is 1. The number of hydrogen-bond donors (Lipinski definition) is 1. The molecule has 0 saturated carbocycles. The van der Waals surface area contributed by atoms with E-state index in [0.717, 1.165) is 45.6 Å². The van der Waals surface area contributed by atoms with Crippen LogP contribution in [-0.4, -0.2) is 66.8 Å². The second-order valence-electron chi connectivity index (χ2n) is 6.77. The Labute approximate surface area is 111 Å². The van der Waals surface area contributed by atoms with Gasteiger partial charge in [-0.2, -0.15) is 0 Å². The first-order chi connectivity index (χ1) is 8.38. The van der Waals surface area contributed by atoms with E-state index in [2.05, 4.69) is 37.6 Å². The molecule has 2 heterocycles. The molecule has 2 fully saturated rings. The third-order valence-corrected chi connectivity index (χ3v) is 4.63. The van der Waals surface area contributed by atoms with Crippen LogP contribution in [0.25, 0.3) is 0 Å². The molecule has 0 spiro atoms. The zero-order valence-electron chi connectivity index (χ0n) is 12.4. The van der Waals surface area contributed by atoms with Crippen LogP contribution in [0.1, 0.15) is 33.6 Å². The molecule has 0 bridgehead atoms. The summed E-state index contributed by atoms with van der Waals surface area (Å²) < 4.78 is 5.88. The molecule has 0 aromatic rings. The van der Waals surface area contributed by atoms with Crippen LogP contribution in [0.2, 0.25) is 0 Å². The molecule has 2 rings (SSSR count). The zero-order valence-corrected chi connectivity index (χ0v) is 12.4. The van der Waals surface area contributed by atoms with E-state index in [4.69, 9.17) is 10.5 Å². The molecule has 0 amide bonds. The first kappa shape index (κ1) is 14.3. The molecule has 18 heavy (non-hydrogen) atoms. The lowest BCUT2D eigenvalue weighted by molar-refractivity contribution is -0.133. The predicted octanol–water partition coefficient (Wildman–Crippen LogP) is 0.909. The van der Waals surface area contributed by atoms with Crippen LogP contribution < -0.4 is 5.73 Å². The van der Waals surface area contributed by atoms with Gasteiger partial charge in [-0.15, -0.1) is 0 Å². The molecule has 4 heteroatoms. The van der Waals surface area contributed by atoms with E-state index >= 15 is 0 Å². The van der Waals surface area contributed by atoms with E-state index < -0.39 is 0 Å². The Balaban J connectivity index is 2.16. The van der Waals surface area contributed by atoms with Crippen molar-refractivity contribution in [2.24, 2.45) is 5.73 Å². The molecule has 0 aliphatic carbocycles. The monoisotopic (exact) mass is 255 g/mol. The van der Waals surface area contributed by atoms with Crippen molar-refractivity contribution in [1.82, 2.24) is 9.80 Å². The average molecular weight is 255 g/mol. The lowest BCUT2D eigenvalue weighted by Crippen LogP contribution is -2.66. The molecule has 0 radical (unpaired) electrons. The van der Waals surface area contributed by atoms with Gasteiger partial charge in [0.05, 0.1) is 5.60 Å². The van der Waals surface area contributed by atoms with Gasteiger partial charge in [-0.25, -0.2) is 0 Å². The van der Waals surface area contributed by atoms with Crippen molar-refractivity contribution in [3.8, 4) is 0 Å². The molecule has 106 valence electrons. The maximum Gasteiger partial charge on any atom is 0.0644 e. The number of nitrogens with zero attached hydrogens (tertiary/aromatic N) is 2. The van der Waals surface area contributed by atoms with Gasteiger partial charge >= 0.3 is 0 Å². The summed E-state index contributed by atoms with van der Waals surface area (Å²) in [5.74, 6) is 0. The Morgan fingerprint density at radius 2 is 2.06 bits per heavy atom. The lowest BCUT2D eigenvalue weighted by Gasteiger charge is -2.55. The van der Waals surface area contributed by atoms with Gasteiger partial charge in [0.15, 0.2) is 0 Å². The minimum atomic E-state index is -0.0410. The van der Waals surface area contributed by atoms with Crippen molar-refractivity contribution in [2.75, 3.05) is 39.8 Å². The normalized spacial score (nSPS) is 38.8. The van der Waals surface area contributed by atoms with Crippen LogP contribution >= 0.6 is 0 Å². The molecule has 2 unspecified atom stereocenters. The molecule has 2 aliphatic rings. The van der Waals surface area contributed by atoms with Gasteiger partial charge in [-0.3, -0.25) is 4.90 Å². The highest BCUT2D eigenvalue weighted by atomic mass is 16.5. The molecular weight excluding hydrogens is 226 g/mol. The van der Waals surface area contributed by atoms with Gasteiger partial charge in [-0.1, -0.05) is 0 Å². The van der Waals surface area contributed by atoms with Crippen LogP contribution in [0.3, 0.4) is 0 Å². The summed E-state index contributed by atoms with van der Waals surface area (Å²) >= 11 is 0. The van der Waals surface area contributed by atoms with Gasteiger partial charge < -0.3 is 15.4 Å². The maximum absolute atomic E-state index is 6.18. The summed E-state index contributed by atoms with van der Waals surface area (Å²) in [7, 11) is 2.21. The molecule has 2 saturated heterocycles. The molecule has 0 aromatic heterocycles. The van der Waals surface area contributed by atoms with E-state index in [1.807, 2.05) is 0 Å². The Hall–Kier alpha value is -0.160. The highest BCUT2D eigenvalue weighted by molar-refractivity contribution is 5.02. The Morgan fingerprint density at radius 1 is 1.33 bits per heavy atom. The third kappa shape index (κ3) is 2.72. The van der Waals surface area contributed by atoms with E-state index in [1.54, 1.807) is 0 Å². The van der Waals surface area contributed by atoms with Gasteiger partial charge in [0.25, 0.3) is 0 Å². The van der Waals surface area contributed by atoms with Gasteiger partial charge in [0, 0.05) is 44.4 Å². The van der Waals surface area contributed by atoms with Crippen molar-refractivity contribution < 1.29 is 4.74 Å². The molecule has 4 nitrogen and oxygen atoms in total. The number of hydrogen-bond acceptors (Lipinski definition) is 4. The molecule has 2 aliphatic heterocycles. The standard InChI is InChI=1S/C14H29N3O/c1-12-9-16(4)6-7-17(12)14(11-15)5-8-18-13(2,3)10-14/h12H,5-11,15H2,1-4H3. The smallest absolute Gasteiger partial charge is 0.0644 e. The minimum Gasteiger partial charge on any atom is -0.375 e. The van der Waals surface area contributed by atoms with Crippen molar-refractivity contribution in [2.45, 2.75) is 50.8 Å². The summed E-state index contributed by atoms with van der Waals surface area (Å²) in [6, 6.07) is 0.584. The summed E-state index contributed by atoms with van der Waals surface area (Å²) in [4.78, 5) is 5.06. The van der Waals surface area contributed by atoms with Crippen LogP contribution in [0.5, 0.6) is 0 Å². The van der Waals surface area contributed by atoms with Crippen molar-refractivity contribution in [3.63, 3.8) is 0 Å². The van der Waals surface area contributed by atoms with Crippen LogP contribution in [0.15, 0.2) is 0 Å². The van der Waals surface area contributed by atoms with E-state index in [0.29, 0.717) is 6.04 Å². The van der Waals surface area contributed by atoms with Crippen LogP contribution in [-0.2, 0) is 4.74 Å². The van der Waals surface area contributed by atoms with Gasteiger partial charge in [0.1, 0.15) is 0 Å². The Kier molecular flexibility index (Phi) is 4.02. The predicted molar refractivity (Wildman–Crippen MR) is 74.7 cm³/mol. The Bertz CT molecular complexity index is 295. The van der Waals surface area contributed by atoms with Crippen molar-refractivity contribution >= 4 is 0 Å². The number of likely N-dealkylation sites (N-methyl/N-ethyl adjacent to an activating group) is 1. The maximum atomic E-state index is 6.18. The minimum absolute atomic E-state index is 0.0410. The first-order valence-electron chi connectivity index (χ1n) is 7.18. The summed E-state index contributed by atoms with van der Waals surface area (Å²) in [5, 5.41) is 0. The number of rotatable bonds is 2.